The molecule has 1 saturated heterocycles. The summed E-state index contributed by atoms with van der Waals surface area (Å²) < 4.78 is 1.86. The molecule has 122 valence electrons. The summed E-state index contributed by atoms with van der Waals surface area (Å²) >= 11 is 6.03. The van der Waals surface area contributed by atoms with Gasteiger partial charge in [-0.2, -0.15) is 0 Å². The summed E-state index contributed by atoms with van der Waals surface area (Å²) in [6, 6.07) is 5.14. The van der Waals surface area contributed by atoms with E-state index < -0.39 is 5.97 Å². The first-order valence-corrected chi connectivity index (χ1v) is 8.04. The van der Waals surface area contributed by atoms with Crippen molar-refractivity contribution >= 4 is 28.5 Å². The predicted octanol–water partition coefficient (Wildman–Crippen LogP) is 2.66. The van der Waals surface area contributed by atoms with Crippen LogP contribution in [0.15, 0.2) is 36.5 Å². The van der Waals surface area contributed by atoms with Gasteiger partial charge in [-0.05, 0) is 31.5 Å². The molecule has 2 atom stereocenters. The second-order valence-corrected chi connectivity index (χ2v) is 6.22. The van der Waals surface area contributed by atoms with Gasteiger partial charge in [-0.1, -0.05) is 29.8 Å². The highest BCUT2D eigenvalue weighted by Crippen LogP contribution is 2.25. The molecule has 1 fully saturated rings. The van der Waals surface area contributed by atoms with Crippen molar-refractivity contribution in [3.8, 4) is 0 Å². The average molecular weight is 335 g/mol. The number of nitrogens with zero attached hydrogens (tertiary/aromatic N) is 1. The summed E-state index contributed by atoms with van der Waals surface area (Å²) in [6.07, 6.45) is 6.92. The molecule has 5 nitrogen and oxygen atoms in total. The van der Waals surface area contributed by atoms with E-state index in [2.05, 4.69) is 5.32 Å². The number of benzene rings is 1. The molecule has 2 aromatic rings. The summed E-state index contributed by atoms with van der Waals surface area (Å²) in [5, 5.41) is 23.8. The Morgan fingerprint density at radius 3 is 3.04 bits per heavy atom. The number of nitrogens with one attached hydrogen (secondary N) is 1. The minimum Gasteiger partial charge on any atom is -0.478 e. The van der Waals surface area contributed by atoms with Crippen molar-refractivity contribution in [1.29, 1.82) is 0 Å². The molecule has 0 aliphatic carbocycles. The number of piperidine rings is 1. The first-order valence-electron chi connectivity index (χ1n) is 7.66. The maximum absolute atomic E-state index is 11.4. The summed E-state index contributed by atoms with van der Waals surface area (Å²) in [4.78, 5) is 11.4. The SMILES string of the molecule is O=C(O)c1cn(C/C=C/[C@@H]2NCCC[C@@H]2O)c2cc(Cl)ccc12. The molecule has 0 amide bonds. The van der Waals surface area contributed by atoms with Crippen molar-refractivity contribution in [3.05, 3.63) is 47.1 Å². The van der Waals surface area contributed by atoms with Crippen LogP contribution in [-0.4, -0.2) is 39.4 Å². The number of carbonyl (C=O) groups is 1. The van der Waals surface area contributed by atoms with Crippen molar-refractivity contribution in [2.45, 2.75) is 31.5 Å². The third-order valence-electron chi connectivity index (χ3n) is 4.19. The number of halogens is 1. The van der Waals surface area contributed by atoms with E-state index in [4.69, 9.17) is 11.6 Å². The lowest BCUT2D eigenvalue weighted by molar-refractivity contribution is 0.0699. The average Bonchev–Trinajstić information content (AvgIpc) is 2.87. The Morgan fingerprint density at radius 2 is 2.30 bits per heavy atom. The van der Waals surface area contributed by atoms with Gasteiger partial charge in [0, 0.05) is 23.2 Å². The highest BCUT2D eigenvalue weighted by molar-refractivity contribution is 6.31. The van der Waals surface area contributed by atoms with Gasteiger partial charge in [0.05, 0.1) is 23.2 Å². The molecule has 0 radical (unpaired) electrons. The maximum atomic E-state index is 11.4. The van der Waals surface area contributed by atoms with E-state index in [0.717, 1.165) is 24.9 Å². The Labute approximate surface area is 139 Å². The number of carboxylic acids is 1. The van der Waals surface area contributed by atoms with E-state index in [-0.39, 0.29) is 17.7 Å². The van der Waals surface area contributed by atoms with Gasteiger partial charge in [0.1, 0.15) is 0 Å². The fraction of sp³-hybridized carbons (Fsp3) is 0.353. The van der Waals surface area contributed by atoms with Crippen LogP contribution in [-0.2, 0) is 6.54 Å². The normalized spacial score (nSPS) is 22.0. The second-order valence-electron chi connectivity index (χ2n) is 5.78. The van der Waals surface area contributed by atoms with Crippen LogP contribution in [0.25, 0.3) is 10.9 Å². The van der Waals surface area contributed by atoms with E-state index in [1.807, 2.05) is 16.7 Å². The molecule has 2 heterocycles. The van der Waals surface area contributed by atoms with Crippen molar-refractivity contribution in [2.75, 3.05) is 6.54 Å². The Morgan fingerprint density at radius 1 is 1.48 bits per heavy atom. The van der Waals surface area contributed by atoms with Gasteiger partial charge in [0.25, 0.3) is 0 Å². The number of carboxylic acid groups (broad SMARTS) is 1. The number of aromatic carboxylic acids is 1. The van der Waals surface area contributed by atoms with Crippen molar-refractivity contribution < 1.29 is 15.0 Å². The first-order chi connectivity index (χ1) is 11.1. The fourth-order valence-electron chi connectivity index (χ4n) is 3.00. The number of allylic oxidation sites excluding steroid dienone is 1. The van der Waals surface area contributed by atoms with Crippen LogP contribution in [0.3, 0.4) is 0 Å². The molecular formula is C17H19ClN2O3. The molecule has 0 saturated carbocycles. The zero-order valence-corrected chi connectivity index (χ0v) is 13.3. The quantitative estimate of drug-likeness (QED) is 0.751. The number of hydrogen-bond acceptors (Lipinski definition) is 3. The van der Waals surface area contributed by atoms with Crippen molar-refractivity contribution in [3.63, 3.8) is 0 Å². The molecule has 1 aromatic carbocycles. The van der Waals surface area contributed by atoms with Crippen LogP contribution >= 0.6 is 11.6 Å². The number of fused-ring (bicyclic) bond motifs is 1. The summed E-state index contributed by atoms with van der Waals surface area (Å²) in [6.45, 7) is 1.42. The van der Waals surface area contributed by atoms with Crippen molar-refractivity contribution in [1.82, 2.24) is 9.88 Å². The lowest BCUT2D eigenvalue weighted by atomic mass is 10.0. The van der Waals surface area contributed by atoms with Gasteiger partial charge in [-0.25, -0.2) is 4.79 Å². The Balaban J connectivity index is 1.85. The fourth-order valence-corrected chi connectivity index (χ4v) is 3.17. The Kier molecular flexibility index (Phi) is 4.71. The number of aliphatic hydroxyl groups is 1. The molecule has 3 N–H and O–H groups in total. The van der Waals surface area contributed by atoms with E-state index in [1.54, 1.807) is 24.4 Å². The lowest BCUT2D eigenvalue weighted by Crippen LogP contribution is -2.43. The molecule has 3 rings (SSSR count). The largest absolute Gasteiger partial charge is 0.478 e. The minimum atomic E-state index is -0.954. The van der Waals surface area contributed by atoms with Crippen LogP contribution in [0.2, 0.25) is 5.02 Å². The zero-order valence-electron chi connectivity index (χ0n) is 12.6. The molecule has 0 unspecified atom stereocenters. The number of aliphatic hydroxyl groups excluding tert-OH is 1. The van der Waals surface area contributed by atoms with Crippen molar-refractivity contribution in [2.24, 2.45) is 0 Å². The van der Waals surface area contributed by atoms with Crippen LogP contribution in [0.1, 0.15) is 23.2 Å². The third kappa shape index (κ3) is 3.42. The van der Waals surface area contributed by atoms with Crippen LogP contribution < -0.4 is 5.32 Å². The minimum absolute atomic E-state index is 0.0480. The smallest absolute Gasteiger partial charge is 0.337 e. The van der Waals surface area contributed by atoms with Crippen LogP contribution in [0, 0.1) is 0 Å². The van der Waals surface area contributed by atoms with Crippen LogP contribution in [0.5, 0.6) is 0 Å². The zero-order chi connectivity index (χ0) is 16.4. The molecule has 1 aromatic heterocycles. The maximum Gasteiger partial charge on any atom is 0.337 e. The molecule has 1 aliphatic rings. The summed E-state index contributed by atoms with van der Waals surface area (Å²) in [5.41, 5.74) is 1.05. The van der Waals surface area contributed by atoms with Gasteiger partial charge in [0.15, 0.2) is 0 Å². The van der Waals surface area contributed by atoms with Gasteiger partial charge < -0.3 is 20.1 Å². The van der Waals surface area contributed by atoms with Crippen LogP contribution in [0.4, 0.5) is 0 Å². The van der Waals surface area contributed by atoms with Gasteiger partial charge >= 0.3 is 5.97 Å². The van der Waals surface area contributed by atoms with Gasteiger partial charge in [-0.15, -0.1) is 0 Å². The van der Waals surface area contributed by atoms with E-state index in [1.165, 1.54) is 0 Å². The number of rotatable bonds is 4. The Bertz CT molecular complexity index is 754. The molecule has 0 spiro atoms. The lowest BCUT2D eigenvalue weighted by Gasteiger charge is -2.26. The first kappa shape index (κ1) is 16.1. The second kappa shape index (κ2) is 6.74. The topological polar surface area (TPSA) is 74.5 Å². The Hall–Kier alpha value is -1.82. The molecular weight excluding hydrogens is 316 g/mol. The standard InChI is InChI=1S/C17H19ClN2O3/c18-11-5-6-12-13(17(22)23)10-20(15(12)9-11)8-2-3-14-16(21)4-1-7-19-14/h2-3,5-6,9-10,14,16,19,21H,1,4,7-8H2,(H,22,23)/b3-2+/t14-,16-/m0/s1. The van der Waals surface area contributed by atoms with Gasteiger partial charge in [-0.3, -0.25) is 0 Å². The summed E-state index contributed by atoms with van der Waals surface area (Å²) in [5.74, 6) is -0.954. The predicted molar refractivity (Wildman–Crippen MR) is 90.1 cm³/mol. The van der Waals surface area contributed by atoms with E-state index in [0.29, 0.717) is 17.0 Å². The third-order valence-corrected chi connectivity index (χ3v) is 4.43. The van der Waals surface area contributed by atoms with E-state index >= 15 is 0 Å². The number of aromatic nitrogens is 1. The van der Waals surface area contributed by atoms with Gasteiger partial charge in [0.2, 0.25) is 0 Å². The van der Waals surface area contributed by atoms with E-state index in [9.17, 15) is 15.0 Å². The number of hydrogen-bond donors (Lipinski definition) is 3. The molecule has 0 bridgehead atoms. The molecule has 6 heteroatoms. The highest BCUT2D eigenvalue weighted by Gasteiger charge is 2.19. The highest BCUT2D eigenvalue weighted by atomic mass is 35.5. The molecule has 1 aliphatic heterocycles. The summed E-state index contributed by atoms with van der Waals surface area (Å²) in [7, 11) is 0. The molecule has 23 heavy (non-hydrogen) atoms. The monoisotopic (exact) mass is 334 g/mol.